The molecule has 1 unspecified atom stereocenters. The highest BCUT2D eigenvalue weighted by atomic mass is 35.5. The molecule has 0 amide bonds. The Kier molecular flexibility index (Phi) is 6.38. The lowest BCUT2D eigenvalue weighted by Crippen LogP contribution is -2.44. The molecule has 0 fully saturated rings. The van der Waals surface area contributed by atoms with Gasteiger partial charge in [0.15, 0.2) is 0 Å². The Labute approximate surface area is 103 Å². The quantitative estimate of drug-likeness (QED) is 0.425. The lowest BCUT2D eigenvalue weighted by molar-refractivity contribution is -0.122. The topological polar surface area (TPSA) is 34.1 Å². The van der Waals surface area contributed by atoms with Gasteiger partial charge >= 0.3 is 0 Å². The van der Waals surface area contributed by atoms with E-state index in [1.807, 2.05) is 6.92 Å². The van der Waals surface area contributed by atoms with Gasteiger partial charge in [-0.2, -0.15) is 0 Å². The van der Waals surface area contributed by atoms with Crippen LogP contribution in [-0.4, -0.2) is 20.7 Å². The van der Waals surface area contributed by atoms with Crippen LogP contribution < -0.4 is 0 Å². The molecule has 0 radical (unpaired) electrons. The Morgan fingerprint density at radius 3 is 2.00 bits per heavy atom. The number of rotatable bonds is 6. The van der Waals surface area contributed by atoms with E-state index in [9.17, 15) is 9.59 Å². The molecule has 6 heteroatoms. The van der Waals surface area contributed by atoms with Crippen LogP contribution in [0.25, 0.3) is 0 Å². The Hall–Kier alpha value is 0.500. The standard InChI is InChI=1S/C8H10Cl4O2/c1-2-3-4-5(9)8(12,6(10)13)7(11)14/h5H,2-4H2,1H3. The monoisotopic (exact) mass is 278 g/mol. The maximum absolute atomic E-state index is 11.0. The van der Waals surface area contributed by atoms with Crippen LogP contribution in [0.5, 0.6) is 0 Å². The first-order valence-corrected chi connectivity index (χ1v) is 5.67. The Bertz CT molecular complexity index is 215. The van der Waals surface area contributed by atoms with E-state index in [1.54, 1.807) is 0 Å². The number of halogens is 4. The second-order valence-electron chi connectivity index (χ2n) is 2.87. The van der Waals surface area contributed by atoms with Gasteiger partial charge in [0.05, 0.1) is 5.38 Å². The molecule has 0 spiro atoms. The molecule has 0 aliphatic heterocycles. The van der Waals surface area contributed by atoms with E-state index in [0.717, 1.165) is 12.8 Å². The van der Waals surface area contributed by atoms with E-state index >= 15 is 0 Å². The number of carbonyl (C=O) groups is 2. The van der Waals surface area contributed by atoms with Crippen molar-refractivity contribution in [2.45, 2.75) is 36.4 Å². The van der Waals surface area contributed by atoms with Gasteiger partial charge in [-0.25, -0.2) is 0 Å². The maximum Gasteiger partial charge on any atom is 0.253 e. The second kappa shape index (κ2) is 6.16. The van der Waals surface area contributed by atoms with E-state index in [2.05, 4.69) is 0 Å². The Balaban J connectivity index is 4.65. The third-order valence-corrected chi connectivity index (χ3v) is 3.87. The molecular formula is C8H10Cl4O2. The molecule has 0 aromatic heterocycles. The minimum atomic E-state index is -2.00. The molecular weight excluding hydrogens is 270 g/mol. The van der Waals surface area contributed by atoms with Crippen molar-refractivity contribution >= 4 is 56.9 Å². The third-order valence-electron chi connectivity index (χ3n) is 1.81. The van der Waals surface area contributed by atoms with E-state index < -0.39 is 20.7 Å². The van der Waals surface area contributed by atoms with Crippen molar-refractivity contribution in [2.75, 3.05) is 0 Å². The van der Waals surface area contributed by atoms with E-state index in [1.165, 1.54) is 0 Å². The maximum atomic E-state index is 11.0. The van der Waals surface area contributed by atoms with Gasteiger partial charge in [-0.1, -0.05) is 31.4 Å². The molecule has 82 valence electrons. The molecule has 0 rings (SSSR count). The predicted octanol–water partition coefficient (Wildman–Crippen LogP) is 3.29. The SMILES string of the molecule is CCCCC(Cl)C(Cl)(C(=O)Cl)C(=O)Cl. The molecule has 1 atom stereocenters. The molecule has 0 aromatic carbocycles. The molecule has 0 aliphatic rings. The van der Waals surface area contributed by atoms with Gasteiger partial charge in [0.25, 0.3) is 10.5 Å². The first-order valence-electron chi connectivity index (χ1n) is 4.10. The van der Waals surface area contributed by atoms with Gasteiger partial charge in [-0.05, 0) is 29.6 Å². The lowest BCUT2D eigenvalue weighted by Gasteiger charge is -2.23. The van der Waals surface area contributed by atoms with Crippen LogP contribution in [0.2, 0.25) is 0 Å². The summed E-state index contributed by atoms with van der Waals surface area (Å²) in [6, 6.07) is 0. The van der Waals surface area contributed by atoms with Crippen molar-refractivity contribution in [1.29, 1.82) is 0 Å². The average Bonchev–Trinajstić information content (AvgIpc) is 2.11. The lowest BCUT2D eigenvalue weighted by atomic mass is 10.0. The van der Waals surface area contributed by atoms with Gasteiger partial charge in [0, 0.05) is 0 Å². The summed E-state index contributed by atoms with van der Waals surface area (Å²) >= 11 is 21.9. The first kappa shape index (κ1) is 14.5. The van der Waals surface area contributed by atoms with Crippen LogP contribution in [0.15, 0.2) is 0 Å². The van der Waals surface area contributed by atoms with Crippen LogP contribution in [0.1, 0.15) is 26.2 Å². The number of unbranched alkanes of at least 4 members (excludes halogenated alkanes) is 1. The first-order chi connectivity index (χ1) is 6.37. The molecule has 0 aliphatic carbocycles. The molecule has 0 N–H and O–H groups in total. The summed E-state index contributed by atoms with van der Waals surface area (Å²) in [7, 11) is 0. The third kappa shape index (κ3) is 3.27. The highest BCUT2D eigenvalue weighted by molar-refractivity contribution is 6.84. The van der Waals surface area contributed by atoms with Crippen LogP contribution >= 0.6 is 46.4 Å². The summed E-state index contributed by atoms with van der Waals surface area (Å²) in [6.07, 6.45) is 2.04. The van der Waals surface area contributed by atoms with E-state index in [4.69, 9.17) is 46.4 Å². The number of hydrogen-bond acceptors (Lipinski definition) is 2. The largest absolute Gasteiger partial charge is 0.279 e. The molecule has 0 heterocycles. The number of alkyl halides is 2. The fourth-order valence-electron chi connectivity index (χ4n) is 0.906. The summed E-state index contributed by atoms with van der Waals surface area (Å²) in [5.74, 6) is 0. The van der Waals surface area contributed by atoms with Gasteiger partial charge < -0.3 is 0 Å². The van der Waals surface area contributed by atoms with Crippen LogP contribution in [-0.2, 0) is 9.59 Å². The van der Waals surface area contributed by atoms with Gasteiger partial charge in [0.1, 0.15) is 0 Å². The normalized spacial score (nSPS) is 13.8. The summed E-state index contributed by atoms with van der Waals surface area (Å²) < 4.78 is 0. The van der Waals surface area contributed by atoms with Gasteiger partial charge in [-0.15, -0.1) is 11.6 Å². The van der Waals surface area contributed by atoms with E-state index in [-0.39, 0.29) is 0 Å². The molecule has 0 aromatic rings. The smallest absolute Gasteiger partial charge is 0.253 e. The van der Waals surface area contributed by atoms with Crippen molar-refractivity contribution in [3.05, 3.63) is 0 Å². The van der Waals surface area contributed by atoms with Crippen LogP contribution in [0.3, 0.4) is 0 Å². The van der Waals surface area contributed by atoms with Crippen molar-refractivity contribution in [2.24, 2.45) is 0 Å². The van der Waals surface area contributed by atoms with Gasteiger partial charge in [0.2, 0.25) is 4.87 Å². The average molecular weight is 280 g/mol. The summed E-state index contributed by atoms with van der Waals surface area (Å²) in [6.45, 7) is 1.95. The Morgan fingerprint density at radius 1 is 1.29 bits per heavy atom. The van der Waals surface area contributed by atoms with Gasteiger partial charge in [-0.3, -0.25) is 9.59 Å². The molecule has 0 saturated carbocycles. The van der Waals surface area contributed by atoms with E-state index in [0.29, 0.717) is 6.42 Å². The summed E-state index contributed by atoms with van der Waals surface area (Å²) in [4.78, 5) is 19.9. The zero-order valence-corrected chi connectivity index (χ0v) is 10.6. The predicted molar refractivity (Wildman–Crippen MR) is 59.5 cm³/mol. The number of hydrogen-bond donors (Lipinski definition) is 0. The molecule has 2 nitrogen and oxygen atoms in total. The zero-order chi connectivity index (χ0) is 11.4. The highest BCUT2D eigenvalue weighted by Gasteiger charge is 2.48. The zero-order valence-electron chi connectivity index (χ0n) is 7.53. The van der Waals surface area contributed by atoms with Crippen LogP contribution in [0, 0.1) is 0 Å². The minimum absolute atomic E-state index is 0.415. The second-order valence-corrected chi connectivity index (χ2v) is 4.68. The number of carbonyl (C=O) groups excluding carboxylic acids is 2. The summed E-state index contributed by atoms with van der Waals surface area (Å²) in [5.41, 5.74) is 0. The fourth-order valence-corrected chi connectivity index (χ4v) is 1.96. The Morgan fingerprint density at radius 2 is 1.71 bits per heavy atom. The minimum Gasteiger partial charge on any atom is -0.279 e. The molecule has 0 bridgehead atoms. The van der Waals surface area contributed by atoms with Crippen LogP contribution in [0.4, 0.5) is 0 Å². The van der Waals surface area contributed by atoms with Crippen molar-refractivity contribution in [1.82, 2.24) is 0 Å². The molecule has 0 saturated heterocycles. The summed E-state index contributed by atoms with van der Waals surface area (Å²) in [5, 5.41) is -2.94. The highest BCUT2D eigenvalue weighted by Crippen LogP contribution is 2.33. The van der Waals surface area contributed by atoms with Crippen molar-refractivity contribution in [3.63, 3.8) is 0 Å². The molecule has 14 heavy (non-hydrogen) atoms. The van der Waals surface area contributed by atoms with Crippen molar-refractivity contribution < 1.29 is 9.59 Å². The fraction of sp³-hybridized carbons (Fsp3) is 0.750. The van der Waals surface area contributed by atoms with Crippen molar-refractivity contribution in [3.8, 4) is 0 Å².